The number of benzene rings is 2. The van der Waals surface area contributed by atoms with E-state index in [-0.39, 0.29) is 11.8 Å². The molecule has 1 fully saturated rings. The summed E-state index contributed by atoms with van der Waals surface area (Å²) in [5.41, 5.74) is 9.81. The molecule has 132 valence electrons. The Morgan fingerprint density at radius 1 is 1.12 bits per heavy atom. The zero-order chi connectivity index (χ0) is 17.8. The van der Waals surface area contributed by atoms with E-state index in [9.17, 15) is 4.79 Å². The molecule has 1 aliphatic rings. The molecule has 1 amide bonds. The van der Waals surface area contributed by atoms with Crippen LogP contribution in [0.4, 0.5) is 0 Å². The second kappa shape index (κ2) is 7.83. The molecule has 2 aromatic carbocycles. The van der Waals surface area contributed by atoms with Gasteiger partial charge in [-0.3, -0.25) is 4.79 Å². The number of rotatable bonds is 5. The van der Waals surface area contributed by atoms with Gasteiger partial charge in [0.25, 0.3) is 0 Å². The van der Waals surface area contributed by atoms with E-state index in [1.54, 1.807) is 0 Å². The average molecular weight is 336 g/mol. The number of nitrogens with two attached hydrogens (primary N) is 1. The lowest BCUT2D eigenvalue weighted by Crippen LogP contribution is -2.30. The Bertz CT molecular complexity index is 713. The highest BCUT2D eigenvalue weighted by molar-refractivity contribution is 5.77. The Hall–Kier alpha value is -2.13. The molecule has 2 N–H and O–H groups in total. The molecule has 1 heterocycles. The minimum absolute atomic E-state index is 0.237. The fraction of sp³-hybridized carbons (Fsp3) is 0.409. The predicted molar refractivity (Wildman–Crippen MR) is 103 cm³/mol. The van der Waals surface area contributed by atoms with Crippen molar-refractivity contribution in [1.82, 2.24) is 4.90 Å². The standard InChI is InChI=1S/C22H28N2O/c1-16-8-6-7-11-20(16)17(2)12-22(25)24-14-19(13-23)21(15-24)18-9-4-3-5-10-18/h3-11,17,19,21H,12-15,23H2,1-2H3/t17?,19-,21+/m1/s1. The van der Waals surface area contributed by atoms with Crippen LogP contribution in [0, 0.1) is 12.8 Å². The first-order valence-corrected chi connectivity index (χ1v) is 9.18. The summed E-state index contributed by atoms with van der Waals surface area (Å²) in [6, 6.07) is 18.8. The molecule has 0 aliphatic carbocycles. The van der Waals surface area contributed by atoms with Gasteiger partial charge >= 0.3 is 0 Å². The molecule has 25 heavy (non-hydrogen) atoms. The third kappa shape index (κ3) is 3.93. The fourth-order valence-corrected chi connectivity index (χ4v) is 4.03. The number of nitrogens with zero attached hydrogens (tertiary/aromatic N) is 1. The van der Waals surface area contributed by atoms with Crippen molar-refractivity contribution in [2.75, 3.05) is 19.6 Å². The molecule has 1 saturated heterocycles. The SMILES string of the molecule is Cc1ccccc1C(C)CC(=O)N1C[C@@H](CN)[C@H](c2ccccc2)C1. The molecule has 3 nitrogen and oxygen atoms in total. The normalized spacial score (nSPS) is 21.3. The number of carbonyl (C=O) groups excluding carboxylic acids is 1. The maximum Gasteiger partial charge on any atom is 0.223 e. The van der Waals surface area contributed by atoms with E-state index in [2.05, 4.69) is 56.3 Å². The summed E-state index contributed by atoms with van der Waals surface area (Å²) >= 11 is 0. The van der Waals surface area contributed by atoms with Gasteiger partial charge in [-0.05, 0) is 42.0 Å². The fourth-order valence-electron chi connectivity index (χ4n) is 4.03. The minimum atomic E-state index is 0.237. The number of hydrogen-bond acceptors (Lipinski definition) is 2. The Morgan fingerprint density at radius 3 is 2.48 bits per heavy atom. The largest absolute Gasteiger partial charge is 0.342 e. The van der Waals surface area contributed by atoms with Crippen molar-refractivity contribution in [2.45, 2.75) is 32.1 Å². The summed E-state index contributed by atoms with van der Waals surface area (Å²) in [7, 11) is 0. The van der Waals surface area contributed by atoms with Crippen molar-refractivity contribution in [3.63, 3.8) is 0 Å². The Morgan fingerprint density at radius 2 is 1.80 bits per heavy atom. The lowest BCUT2D eigenvalue weighted by atomic mass is 9.89. The zero-order valence-electron chi connectivity index (χ0n) is 15.2. The summed E-state index contributed by atoms with van der Waals surface area (Å²) in [5, 5.41) is 0. The van der Waals surface area contributed by atoms with Crippen LogP contribution in [-0.4, -0.2) is 30.4 Å². The molecule has 0 saturated carbocycles. The summed E-state index contributed by atoms with van der Waals surface area (Å²) in [6.07, 6.45) is 0.559. The van der Waals surface area contributed by atoms with E-state index in [1.165, 1.54) is 16.7 Å². The van der Waals surface area contributed by atoms with Crippen LogP contribution in [0.3, 0.4) is 0 Å². The van der Waals surface area contributed by atoms with Crippen LogP contribution in [0.25, 0.3) is 0 Å². The van der Waals surface area contributed by atoms with E-state index in [4.69, 9.17) is 5.73 Å². The first-order chi connectivity index (χ1) is 12.1. The topological polar surface area (TPSA) is 46.3 Å². The van der Waals surface area contributed by atoms with Crippen LogP contribution in [0.5, 0.6) is 0 Å². The average Bonchev–Trinajstić information content (AvgIpc) is 3.07. The Balaban J connectivity index is 1.68. The zero-order valence-corrected chi connectivity index (χ0v) is 15.2. The van der Waals surface area contributed by atoms with Gasteiger partial charge in [0.2, 0.25) is 5.91 Å². The summed E-state index contributed by atoms with van der Waals surface area (Å²) in [6.45, 7) is 6.44. The molecule has 2 aromatic rings. The highest BCUT2D eigenvalue weighted by atomic mass is 16.2. The molecule has 0 aromatic heterocycles. The van der Waals surface area contributed by atoms with E-state index < -0.39 is 0 Å². The van der Waals surface area contributed by atoms with Gasteiger partial charge in [0.1, 0.15) is 0 Å². The van der Waals surface area contributed by atoms with E-state index in [1.807, 2.05) is 17.0 Å². The van der Waals surface area contributed by atoms with Crippen molar-refractivity contribution in [1.29, 1.82) is 0 Å². The second-order valence-electron chi connectivity index (χ2n) is 7.27. The van der Waals surface area contributed by atoms with Gasteiger partial charge in [-0.25, -0.2) is 0 Å². The third-order valence-corrected chi connectivity index (χ3v) is 5.52. The van der Waals surface area contributed by atoms with Crippen LogP contribution in [0.1, 0.15) is 41.9 Å². The van der Waals surface area contributed by atoms with Gasteiger partial charge in [-0.1, -0.05) is 61.5 Å². The van der Waals surface area contributed by atoms with Crippen LogP contribution in [-0.2, 0) is 4.79 Å². The van der Waals surface area contributed by atoms with Crippen molar-refractivity contribution in [3.8, 4) is 0 Å². The Labute approximate surface area is 150 Å². The highest BCUT2D eigenvalue weighted by Crippen LogP contribution is 2.33. The third-order valence-electron chi connectivity index (χ3n) is 5.52. The first-order valence-electron chi connectivity index (χ1n) is 9.18. The number of carbonyl (C=O) groups is 1. The molecule has 1 aliphatic heterocycles. The monoisotopic (exact) mass is 336 g/mol. The molecule has 3 atom stereocenters. The van der Waals surface area contributed by atoms with Gasteiger partial charge < -0.3 is 10.6 Å². The second-order valence-corrected chi connectivity index (χ2v) is 7.27. The number of amides is 1. The van der Waals surface area contributed by atoms with Crippen molar-refractivity contribution >= 4 is 5.91 Å². The van der Waals surface area contributed by atoms with Crippen LogP contribution in [0.2, 0.25) is 0 Å². The lowest BCUT2D eigenvalue weighted by Gasteiger charge is -2.20. The van der Waals surface area contributed by atoms with Crippen LogP contribution >= 0.6 is 0 Å². The maximum atomic E-state index is 12.9. The van der Waals surface area contributed by atoms with E-state index in [0.29, 0.717) is 24.8 Å². The Kier molecular flexibility index (Phi) is 5.54. The van der Waals surface area contributed by atoms with Gasteiger partial charge in [0.15, 0.2) is 0 Å². The minimum Gasteiger partial charge on any atom is -0.342 e. The summed E-state index contributed by atoms with van der Waals surface area (Å²) < 4.78 is 0. The quantitative estimate of drug-likeness (QED) is 0.905. The van der Waals surface area contributed by atoms with Gasteiger partial charge in [0, 0.05) is 25.4 Å². The van der Waals surface area contributed by atoms with Gasteiger partial charge in [-0.2, -0.15) is 0 Å². The maximum absolute atomic E-state index is 12.9. The number of aryl methyl sites for hydroxylation is 1. The number of likely N-dealkylation sites (tertiary alicyclic amines) is 1. The van der Waals surface area contributed by atoms with Crippen molar-refractivity contribution < 1.29 is 4.79 Å². The molecule has 0 radical (unpaired) electrons. The molecule has 1 unspecified atom stereocenters. The van der Waals surface area contributed by atoms with Crippen molar-refractivity contribution in [2.24, 2.45) is 11.7 Å². The lowest BCUT2D eigenvalue weighted by molar-refractivity contribution is -0.130. The smallest absolute Gasteiger partial charge is 0.223 e. The van der Waals surface area contributed by atoms with E-state index >= 15 is 0 Å². The van der Waals surface area contributed by atoms with Gasteiger partial charge in [-0.15, -0.1) is 0 Å². The van der Waals surface area contributed by atoms with Crippen molar-refractivity contribution in [3.05, 3.63) is 71.3 Å². The molecule has 0 spiro atoms. The van der Waals surface area contributed by atoms with E-state index in [0.717, 1.165) is 13.1 Å². The molecular weight excluding hydrogens is 308 g/mol. The first kappa shape index (κ1) is 17.7. The highest BCUT2D eigenvalue weighted by Gasteiger charge is 2.35. The summed E-state index contributed by atoms with van der Waals surface area (Å²) in [5.74, 6) is 1.18. The summed E-state index contributed by atoms with van der Waals surface area (Å²) in [4.78, 5) is 14.9. The molecule has 3 heteroatoms. The number of hydrogen-bond donors (Lipinski definition) is 1. The predicted octanol–water partition coefficient (Wildman–Crippen LogP) is 3.69. The van der Waals surface area contributed by atoms with Gasteiger partial charge in [0.05, 0.1) is 0 Å². The molecule has 3 rings (SSSR count). The molecule has 0 bridgehead atoms. The van der Waals surface area contributed by atoms with Crippen LogP contribution < -0.4 is 5.73 Å². The molecular formula is C22H28N2O. The van der Waals surface area contributed by atoms with Crippen LogP contribution in [0.15, 0.2) is 54.6 Å².